The molecule has 1 saturated carbocycles. The molecule has 0 unspecified atom stereocenters. The quantitative estimate of drug-likeness (QED) is 0.698. The van der Waals surface area contributed by atoms with Crippen molar-refractivity contribution in [2.24, 2.45) is 11.8 Å². The van der Waals surface area contributed by atoms with Crippen LogP contribution in [0.25, 0.3) is 0 Å². The molecule has 0 aromatic heterocycles. The van der Waals surface area contributed by atoms with Crippen LogP contribution in [0.1, 0.15) is 37.7 Å². The van der Waals surface area contributed by atoms with E-state index in [0.717, 1.165) is 31.0 Å². The molecular weight excluding hydrogens is 357 g/mol. The van der Waals surface area contributed by atoms with Crippen molar-refractivity contribution in [2.45, 2.75) is 38.3 Å². The minimum atomic E-state index is -4.40. The zero-order chi connectivity index (χ0) is 20.0. The van der Waals surface area contributed by atoms with E-state index in [1.807, 2.05) is 0 Å². The summed E-state index contributed by atoms with van der Waals surface area (Å²) >= 11 is 0. The average Bonchev–Trinajstić information content (AvgIpc) is 2.60. The lowest BCUT2D eigenvalue weighted by atomic mass is 9.80. The van der Waals surface area contributed by atoms with Gasteiger partial charge in [0.1, 0.15) is 5.75 Å². The summed E-state index contributed by atoms with van der Waals surface area (Å²) in [5, 5.41) is 0. The van der Waals surface area contributed by atoms with Crippen LogP contribution in [0.5, 0.6) is 5.75 Å². The molecule has 1 aromatic carbocycles. The van der Waals surface area contributed by atoms with Crippen LogP contribution in [0.2, 0.25) is 0 Å². The molecule has 1 aliphatic carbocycles. The number of halogens is 3. The maximum atomic E-state index is 12.6. The number of hydrogen-bond donors (Lipinski definition) is 0. The number of nitrogens with zero attached hydrogens (tertiary/aromatic N) is 2. The Morgan fingerprint density at radius 1 is 1.04 bits per heavy atom. The molecule has 1 amide bonds. The van der Waals surface area contributed by atoms with E-state index in [0.29, 0.717) is 12.5 Å². The van der Waals surface area contributed by atoms with Crippen molar-refractivity contribution in [2.75, 3.05) is 34.2 Å². The second-order valence-corrected chi connectivity index (χ2v) is 7.75. The van der Waals surface area contributed by atoms with E-state index in [1.165, 1.54) is 42.7 Å². The number of amides is 1. The van der Waals surface area contributed by atoms with Gasteiger partial charge in [0.15, 0.2) is 0 Å². The van der Waals surface area contributed by atoms with Crippen LogP contribution in [0.4, 0.5) is 18.0 Å². The van der Waals surface area contributed by atoms with Crippen molar-refractivity contribution >= 4 is 6.09 Å². The molecule has 2 rings (SSSR count). The highest BCUT2D eigenvalue weighted by Gasteiger charge is 2.30. The van der Waals surface area contributed by atoms with Crippen LogP contribution in [-0.4, -0.2) is 50.1 Å². The highest BCUT2D eigenvalue weighted by Crippen LogP contribution is 2.32. The summed E-state index contributed by atoms with van der Waals surface area (Å²) in [5.74, 6) is 1.49. The van der Waals surface area contributed by atoms with Crippen LogP contribution < -0.4 is 4.74 Å². The van der Waals surface area contributed by atoms with E-state index in [4.69, 9.17) is 4.74 Å². The Labute approximate surface area is 159 Å². The van der Waals surface area contributed by atoms with Crippen molar-refractivity contribution in [1.29, 1.82) is 0 Å². The maximum absolute atomic E-state index is 12.6. The van der Waals surface area contributed by atoms with E-state index in [1.54, 1.807) is 7.05 Å². The number of rotatable bonds is 6. The van der Waals surface area contributed by atoms with Gasteiger partial charge in [0.25, 0.3) is 0 Å². The van der Waals surface area contributed by atoms with Gasteiger partial charge in [-0.1, -0.05) is 12.8 Å². The predicted molar refractivity (Wildman–Crippen MR) is 98.7 cm³/mol. The third kappa shape index (κ3) is 7.05. The lowest BCUT2D eigenvalue weighted by Crippen LogP contribution is -2.32. The van der Waals surface area contributed by atoms with E-state index in [2.05, 4.69) is 19.0 Å². The van der Waals surface area contributed by atoms with Crippen LogP contribution in [-0.2, 0) is 6.18 Å². The second kappa shape index (κ2) is 9.44. The topological polar surface area (TPSA) is 32.8 Å². The van der Waals surface area contributed by atoms with Crippen molar-refractivity contribution < 1.29 is 22.7 Å². The predicted octanol–water partition coefficient (Wildman–Crippen LogP) is 4.89. The Bertz CT molecular complexity index is 594. The summed E-state index contributed by atoms with van der Waals surface area (Å²) in [6.45, 7) is 1.72. The third-order valence-corrected chi connectivity index (χ3v) is 5.16. The van der Waals surface area contributed by atoms with Gasteiger partial charge in [0, 0.05) is 20.1 Å². The van der Waals surface area contributed by atoms with Crippen LogP contribution in [0, 0.1) is 11.8 Å². The first kappa shape index (κ1) is 21.5. The summed E-state index contributed by atoms with van der Waals surface area (Å²) in [4.78, 5) is 15.8. The number of benzene rings is 1. The van der Waals surface area contributed by atoms with Gasteiger partial charge >= 0.3 is 12.3 Å². The molecule has 0 bridgehead atoms. The molecule has 152 valence electrons. The standard InChI is InChI=1S/C20H29F3N2O2/c1-24(2)14-16-6-4-15(5-7-16)12-13-25(3)19(26)27-18-10-8-17(9-11-18)20(21,22)23/h8-11,15-16H,4-7,12-14H2,1-3H3/t15-,16-. The molecule has 0 atom stereocenters. The number of carbonyl (C=O) groups is 1. The number of alkyl halides is 3. The fraction of sp³-hybridized carbons (Fsp3) is 0.650. The molecule has 0 heterocycles. The van der Waals surface area contributed by atoms with Crippen molar-refractivity contribution in [3.8, 4) is 5.75 Å². The van der Waals surface area contributed by atoms with Crippen molar-refractivity contribution in [3.05, 3.63) is 29.8 Å². The largest absolute Gasteiger partial charge is 0.416 e. The lowest BCUT2D eigenvalue weighted by molar-refractivity contribution is -0.137. The molecule has 27 heavy (non-hydrogen) atoms. The first-order valence-electron chi connectivity index (χ1n) is 9.40. The first-order valence-corrected chi connectivity index (χ1v) is 9.40. The summed E-state index contributed by atoms with van der Waals surface area (Å²) in [5.41, 5.74) is -0.763. The molecule has 1 fully saturated rings. The van der Waals surface area contributed by atoms with Gasteiger partial charge in [0.05, 0.1) is 5.56 Å². The number of carbonyl (C=O) groups excluding carboxylic acids is 1. The summed E-state index contributed by atoms with van der Waals surface area (Å²) in [6, 6.07) is 4.16. The zero-order valence-corrected chi connectivity index (χ0v) is 16.3. The molecule has 0 saturated heterocycles. The molecule has 7 heteroatoms. The van der Waals surface area contributed by atoms with Crippen molar-refractivity contribution in [3.63, 3.8) is 0 Å². The third-order valence-electron chi connectivity index (χ3n) is 5.16. The van der Waals surface area contributed by atoms with E-state index in [9.17, 15) is 18.0 Å². The SMILES string of the molecule is CN(C)C[C@H]1CC[C@H](CCN(C)C(=O)Oc2ccc(C(F)(F)F)cc2)CC1. The zero-order valence-electron chi connectivity index (χ0n) is 16.3. The minimum Gasteiger partial charge on any atom is -0.410 e. The fourth-order valence-electron chi connectivity index (χ4n) is 3.58. The Balaban J connectivity index is 1.73. The molecule has 0 spiro atoms. The summed E-state index contributed by atoms with van der Waals surface area (Å²) < 4.78 is 42.8. The monoisotopic (exact) mass is 386 g/mol. The Kier molecular flexibility index (Phi) is 7.53. The minimum absolute atomic E-state index is 0.115. The molecule has 4 nitrogen and oxygen atoms in total. The van der Waals surface area contributed by atoms with Gasteiger partial charge < -0.3 is 14.5 Å². The normalized spacial score (nSPS) is 20.6. The number of ether oxygens (including phenoxy) is 1. The summed E-state index contributed by atoms with van der Waals surface area (Å²) in [6.07, 6.45) is 0.792. The Morgan fingerprint density at radius 2 is 1.59 bits per heavy atom. The van der Waals surface area contributed by atoms with Gasteiger partial charge in [-0.2, -0.15) is 13.2 Å². The Morgan fingerprint density at radius 3 is 2.11 bits per heavy atom. The smallest absolute Gasteiger partial charge is 0.410 e. The highest BCUT2D eigenvalue weighted by molar-refractivity contribution is 5.70. The maximum Gasteiger partial charge on any atom is 0.416 e. The van der Waals surface area contributed by atoms with Crippen molar-refractivity contribution in [1.82, 2.24) is 9.80 Å². The Hall–Kier alpha value is -1.76. The van der Waals surface area contributed by atoms with E-state index >= 15 is 0 Å². The van der Waals surface area contributed by atoms with E-state index in [-0.39, 0.29) is 5.75 Å². The summed E-state index contributed by atoms with van der Waals surface area (Å²) in [7, 11) is 5.86. The number of hydrogen-bond acceptors (Lipinski definition) is 3. The highest BCUT2D eigenvalue weighted by atomic mass is 19.4. The second-order valence-electron chi connectivity index (χ2n) is 7.75. The van der Waals surface area contributed by atoms with Crippen LogP contribution >= 0.6 is 0 Å². The first-order chi connectivity index (χ1) is 12.6. The molecule has 0 radical (unpaired) electrons. The van der Waals surface area contributed by atoms with Gasteiger partial charge in [-0.15, -0.1) is 0 Å². The lowest BCUT2D eigenvalue weighted by Gasteiger charge is -2.31. The van der Waals surface area contributed by atoms with Gasteiger partial charge in [-0.3, -0.25) is 0 Å². The van der Waals surface area contributed by atoms with Gasteiger partial charge in [-0.05, 0) is 69.5 Å². The fourth-order valence-corrected chi connectivity index (χ4v) is 3.58. The molecule has 0 N–H and O–H groups in total. The molecule has 0 aliphatic heterocycles. The van der Waals surface area contributed by atoms with Crippen LogP contribution in [0.15, 0.2) is 24.3 Å². The van der Waals surface area contributed by atoms with Gasteiger partial charge in [-0.25, -0.2) is 4.79 Å². The molecule has 1 aromatic rings. The molecular formula is C20H29F3N2O2. The average molecular weight is 386 g/mol. The van der Waals surface area contributed by atoms with E-state index < -0.39 is 17.8 Å². The molecule has 1 aliphatic rings. The van der Waals surface area contributed by atoms with Gasteiger partial charge in [0.2, 0.25) is 0 Å². The van der Waals surface area contributed by atoms with Crippen LogP contribution in [0.3, 0.4) is 0 Å².